The molecule has 0 radical (unpaired) electrons. The van der Waals surface area contributed by atoms with E-state index in [0.717, 1.165) is 6.54 Å². The molecule has 1 aromatic carbocycles. The molecule has 0 bridgehead atoms. The largest absolute Gasteiger partial charge is 0.485 e. The summed E-state index contributed by atoms with van der Waals surface area (Å²) in [6.45, 7) is 1.47. The smallest absolute Gasteiger partial charge is 0.269 e. The average Bonchev–Trinajstić information content (AvgIpc) is 3.29. The number of ether oxygens (including phenoxy) is 2. The molecule has 22 heavy (non-hydrogen) atoms. The first-order valence-electron chi connectivity index (χ1n) is 7.66. The van der Waals surface area contributed by atoms with E-state index in [9.17, 15) is 9.59 Å². The Morgan fingerprint density at radius 3 is 2.77 bits per heavy atom. The van der Waals surface area contributed by atoms with Crippen LogP contribution in [-0.2, 0) is 9.59 Å². The summed E-state index contributed by atoms with van der Waals surface area (Å²) in [6, 6.07) is 7.29. The van der Waals surface area contributed by atoms with Crippen molar-refractivity contribution < 1.29 is 19.1 Å². The van der Waals surface area contributed by atoms with Gasteiger partial charge in [-0.25, -0.2) is 0 Å². The minimum atomic E-state index is -0.677. The maximum absolute atomic E-state index is 12.5. The quantitative estimate of drug-likeness (QED) is 0.831. The molecule has 0 N–H and O–H groups in total. The normalized spacial score (nSPS) is 23.8. The third-order valence-corrected chi connectivity index (χ3v) is 4.29. The van der Waals surface area contributed by atoms with Gasteiger partial charge in [0, 0.05) is 6.54 Å². The Bertz CT molecular complexity index is 614. The molecule has 1 aromatic rings. The highest BCUT2D eigenvalue weighted by Gasteiger charge is 2.38. The van der Waals surface area contributed by atoms with E-state index < -0.39 is 6.10 Å². The number of para-hydroxylation sites is 2. The summed E-state index contributed by atoms with van der Waals surface area (Å²) in [5.74, 6) is 1.70. The molecule has 1 unspecified atom stereocenters. The van der Waals surface area contributed by atoms with Gasteiger partial charge in [-0.3, -0.25) is 9.59 Å². The van der Waals surface area contributed by atoms with Gasteiger partial charge in [-0.15, -0.1) is 0 Å². The number of rotatable bonds is 3. The van der Waals surface area contributed by atoms with Crippen molar-refractivity contribution in [3.05, 3.63) is 24.3 Å². The molecule has 116 valence electrons. The maximum Gasteiger partial charge on any atom is 0.269 e. The van der Waals surface area contributed by atoms with Crippen molar-refractivity contribution in [3.63, 3.8) is 0 Å². The van der Waals surface area contributed by atoms with Gasteiger partial charge in [0.05, 0.1) is 6.67 Å². The van der Waals surface area contributed by atoms with E-state index in [0.29, 0.717) is 24.1 Å². The second-order valence-electron chi connectivity index (χ2n) is 6.10. The van der Waals surface area contributed by atoms with Crippen molar-refractivity contribution in [1.82, 2.24) is 9.80 Å². The lowest BCUT2D eigenvalue weighted by molar-refractivity contribution is -0.141. The van der Waals surface area contributed by atoms with Crippen LogP contribution in [-0.4, -0.2) is 54.1 Å². The van der Waals surface area contributed by atoms with Crippen molar-refractivity contribution >= 4 is 11.8 Å². The van der Waals surface area contributed by atoms with Crippen molar-refractivity contribution in [2.45, 2.75) is 18.9 Å². The number of hydrogen-bond donors (Lipinski definition) is 0. The van der Waals surface area contributed by atoms with Crippen LogP contribution in [0.3, 0.4) is 0 Å². The fourth-order valence-corrected chi connectivity index (χ4v) is 2.86. The molecular weight excluding hydrogens is 284 g/mol. The average molecular weight is 302 g/mol. The number of hydrogen-bond acceptors (Lipinski definition) is 4. The standard InChI is InChI=1S/C16H18N2O4/c19-15-8-18(10-17(15)7-11-5-6-11)16(20)14-9-21-12-3-1-2-4-13(12)22-14/h1-4,11,14H,5-10H2. The molecule has 2 fully saturated rings. The summed E-state index contributed by atoms with van der Waals surface area (Å²) in [5, 5.41) is 0. The lowest BCUT2D eigenvalue weighted by atomic mass is 10.2. The first kappa shape index (κ1) is 13.4. The van der Waals surface area contributed by atoms with Crippen LogP contribution in [0.15, 0.2) is 24.3 Å². The van der Waals surface area contributed by atoms with E-state index in [1.165, 1.54) is 12.8 Å². The Labute approximate surface area is 128 Å². The van der Waals surface area contributed by atoms with Crippen LogP contribution in [0.1, 0.15) is 12.8 Å². The van der Waals surface area contributed by atoms with E-state index >= 15 is 0 Å². The van der Waals surface area contributed by atoms with E-state index in [-0.39, 0.29) is 25.0 Å². The molecule has 0 aromatic heterocycles. The number of carbonyl (C=O) groups excluding carboxylic acids is 2. The second-order valence-corrected chi connectivity index (χ2v) is 6.10. The van der Waals surface area contributed by atoms with E-state index in [1.807, 2.05) is 18.2 Å². The molecule has 1 aliphatic carbocycles. The maximum atomic E-state index is 12.5. The molecule has 4 rings (SSSR count). The first-order valence-corrected chi connectivity index (χ1v) is 7.66. The Hall–Kier alpha value is -2.24. The first-order chi connectivity index (χ1) is 10.7. The molecule has 6 nitrogen and oxygen atoms in total. The molecule has 2 heterocycles. The molecule has 3 aliphatic rings. The third kappa shape index (κ3) is 2.49. The number of benzene rings is 1. The van der Waals surface area contributed by atoms with Gasteiger partial charge in [0.2, 0.25) is 12.0 Å². The van der Waals surface area contributed by atoms with Gasteiger partial charge in [0.25, 0.3) is 5.91 Å². The van der Waals surface area contributed by atoms with Crippen molar-refractivity contribution in [1.29, 1.82) is 0 Å². The monoisotopic (exact) mass is 302 g/mol. The summed E-state index contributed by atoms with van der Waals surface area (Å²) >= 11 is 0. The summed E-state index contributed by atoms with van der Waals surface area (Å²) in [4.78, 5) is 27.9. The predicted molar refractivity (Wildman–Crippen MR) is 77.4 cm³/mol. The van der Waals surface area contributed by atoms with Crippen LogP contribution in [0.25, 0.3) is 0 Å². The van der Waals surface area contributed by atoms with Gasteiger partial charge in [-0.1, -0.05) is 12.1 Å². The van der Waals surface area contributed by atoms with Crippen LogP contribution >= 0.6 is 0 Å². The minimum Gasteiger partial charge on any atom is -0.485 e. The highest BCUT2D eigenvalue weighted by Crippen LogP contribution is 2.32. The SMILES string of the molecule is O=C1CN(C(=O)C2COc3ccccc3O2)CN1CC1CC1. The molecule has 1 atom stereocenters. The van der Waals surface area contributed by atoms with Crippen molar-refractivity contribution in [2.24, 2.45) is 5.92 Å². The second kappa shape index (κ2) is 5.19. The lowest BCUT2D eigenvalue weighted by Crippen LogP contribution is -2.46. The number of fused-ring (bicyclic) bond motifs is 1. The zero-order chi connectivity index (χ0) is 15.1. The van der Waals surface area contributed by atoms with Gasteiger partial charge >= 0.3 is 0 Å². The fraction of sp³-hybridized carbons (Fsp3) is 0.500. The number of carbonyl (C=O) groups is 2. The summed E-state index contributed by atoms with van der Waals surface area (Å²) < 4.78 is 11.3. The van der Waals surface area contributed by atoms with Crippen molar-refractivity contribution in [2.75, 3.05) is 26.4 Å². The Morgan fingerprint density at radius 1 is 1.23 bits per heavy atom. The highest BCUT2D eigenvalue weighted by molar-refractivity contribution is 5.90. The van der Waals surface area contributed by atoms with Crippen LogP contribution in [0.4, 0.5) is 0 Å². The summed E-state index contributed by atoms with van der Waals surface area (Å²) in [7, 11) is 0. The Balaban J connectivity index is 1.41. The van der Waals surface area contributed by atoms with Crippen molar-refractivity contribution in [3.8, 4) is 11.5 Å². The third-order valence-electron chi connectivity index (χ3n) is 4.29. The van der Waals surface area contributed by atoms with Crippen LogP contribution in [0, 0.1) is 5.92 Å². The molecular formula is C16H18N2O4. The molecule has 0 spiro atoms. The van der Waals surface area contributed by atoms with Gasteiger partial charge < -0.3 is 19.3 Å². The zero-order valence-corrected chi connectivity index (χ0v) is 12.2. The summed E-state index contributed by atoms with van der Waals surface area (Å²) in [5.41, 5.74) is 0. The van der Waals surface area contributed by atoms with Crippen LogP contribution in [0.2, 0.25) is 0 Å². The van der Waals surface area contributed by atoms with E-state index in [4.69, 9.17) is 9.47 Å². The molecule has 2 amide bonds. The molecule has 6 heteroatoms. The Kier molecular flexibility index (Phi) is 3.17. The van der Waals surface area contributed by atoms with Gasteiger partial charge in [0.15, 0.2) is 11.5 Å². The van der Waals surface area contributed by atoms with Crippen LogP contribution in [0.5, 0.6) is 11.5 Å². The van der Waals surface area contributed by atoms with Crippen LogP contribution < -0.4 is 9.47 Å². The highest BCUT2D eigenvalue weighted by atomic mass is 16.6. The fourth-order valence-electron chi connectivity index (χ4n) is 2.86. The van der Waals surface area contributed by atoms with Gasteiger partial charge in [0.1, 0.15) is 13.2 Å². The molecule has 2 aliphatic heterocycles. The lowest BCUT2D eigenvalue weighted by Gasteiger charge is -2.28. The zero-order valence-electron chi connectivity index (χ0n) is 12.2. The van der Waals surface area contributed by atoms with Gasteiger partial charge in [-0.05, 0) is 30.9 Å². The molecule has 1 saturated heterocycles. The van der Waals surface area contributed by atoms with Gasteiger partial charge in [-0.2, -0.15) is 0 Å². The van der Waals surface area contributed by atoms with E-state index in [2.05, 4.69) is 0 Å². The number of nitrogens with zero attached hydrogens (tertiary/aromatic N) is 2. The van der Waals surface area contributed by atoms with E-state index in [1.54, 1.807) is 15.9 Å². The minimum absolute atomic E-state index is 0.0253. The number of amides is 2. The predicted octanol–water partition coefficient (Wildman–Crippen LogP) is 0.865. The summed E-state index contributed by atoms with van der Waals surface area (Å²) in [6.07, 6.45) is 1.70. The topological polar surface area (TPSA) is 59.1 Å². The molecule has 1 saturated carbocycles. The Morgan fingerprint density at radius 2 is 2.00 bits per heavy atom.